The Kier molecular flexibility index (Phi) is 4.11. The summed E-state index contributed by atoms with van der Waals surface area (Å²) in [4.78, 5) is 14.7. The molecule has 0 saturated heterocycles. The number of hydrogen-bond acceptors (Lipinski definition) is 1. The van der Waals surface area contributed by atoms with Crippen molar-refractivity contribution in [3.05, 3.63) is 49.2 Å². The predicted molar refractivity (Wildman–Crippen MR) is 80.6 cm³/mol. The first-order chi connectivity index (χ1) is 8.06. The number of aromatic nitrogens is 1. The van der Waals surface area contributed by atoms with Crippen LogP contribution in [0.3, 0.4) is 0 Å². The predicted octanol–water partition coefficient (Wildman–Crippen LogP) is 4.29. The molecule has 0 aliphatic heterocycles. The van der Waals surface area contributed by atoms with Gasteiger partial charge in [0.15, 0.2) is 0 Å². The molecule has 0 unspecified atom stereocenters. The molecule has 1 aromatic carbocycles. The summed E-state index contributed by atoms with van der Waals surface area (Å²) in [6.45, 7) is 0. The van der Waals surface area contributed by atoms with E-state index in [0.29, 0.717) is 10.7 Å². The van der Waals surface area contributed by atoms with E-state index >= 15 is 0 Å². The minimum Gasteiger partial charge on any atom is -0.356 e. The molecule has 0 aliphatic carbocycles. The minimum absolute atomic E-state index is 0.184. The molecule has 2 rings (SSSR count). The standard InChI is InChI=1S/C11H7BrClIN2O/c12-6-3-10(15-5-6)11(17)16-9-2-1-7(13)4-8(9)14/h1-5,15H,(H,16,17). The van der Waals surface area contributed by atoms with Gasteiger partial charge >= 0.3 is 0 Å². The van der Waals surface area contributed by atoms with Crippen molar-refractivity contribution in [1.82, 2.24) is 4.98 Å². The Bertz CT molecular complexity index is 570. The average Bonchev–Trinajstić information content (AvgIpc) is 2.69. The van der Waals surface area contributed by atoms with Crippen molar-refractivity contribution in [2.45, 2.75) is 0 Å². The summed E-state index contributed by atoms with van der Waals surface area (Å²) in [5.74, 6) is -0.184. The van der Waals surface area contributed by atoms with Crippen molar-refractivity contribution in [2.75, 3.05) is 5.32 Å². The fourth-order valence-corrected chi connectivity index (χ4v) is 2.63. The molecular weight excluding hydrogens is 418 g/mol. The third-order valence-corrected chi connectivity index (χ3v) is 3.66. The number of aromatic amines is 1. The maximum absolute atomic E-state index is 11.9. The topological polar surface area (TPSA) is 44.9 Å². The van der Waals surface area contributed by atoms with Gasteiger partial charge in [-0.25, -0.2) is 0 Å². The van der Waals surface area contributed by atoms with Crippen LogP contribution in [0.15, 0.2) is 34.9 Å². The van der Waals surface area contributed by atoms with Gasteiger partial charge in [0.2, 0.25) is 0 Å². The fourth-order valence-electron chi connectivity index (χ4n) is 1.28. The summed E-state index contributed by atoms with van der Waals surface area (Å²) in [5.41, 5.74) is 1.24. The fraction of sp³-hybridized carbons (Fsp3) is 0. The highest BCUT2D eigenvalue weighted by molar-refractivity contribution is 14.1. The molecule has 1 amide bonds. The van der Waals surface area contributed by atoms with Gasteiger partial charge in [-0.05, 0) is 62.8 Å². The van der Waals surface area contributed by atoms with Crippen LogP contribution in [-0.2, 0) is 0 Å². The highest BCUT2D eigenvalue weighted by Gasteiger charge is 2.10. The highest BCUT2D eigenvalue weighted by atomic mass is 127. The largest absolute Gasteiger partial charge is 0.356 e. The van der Waals surface area contributed by atoms with Gasteiger partial charge in [0.1, 0.15) is 5.69 Å². The van der Waals surface area contributed by atoms with Crippen molar-refractivity contribution in [2.24, 2.45) is 0 Å². The Morgan fingerprint density at radius 1 is 1.41 bits per heavy atom. The Labute approximate surface area is 125 Å². The normalized spacial score (nSPS) is 10.3. The van der Waals surface area contributed by atoms with Gasteiger partial charge in [0, 0.05) is 19.3 Å². The summed E-state index contributed by atoms with van der Waals surface area (Å²) in [6.07, 6.45) is 1.71. The molecule has 1 heterocycles. The molecule has 0 atom stereocenters. The summed E-state index contributed by atoms with van der Waals surface area (Å²) in [7, 11) is 0. The van der Waals surface area contributed by atoms with Gasteiger partial charge in [-0.2, -0.15) is 0 Å². The monoisotopic (exact) mass is 424 g/mol. The van der Waals surface area contributed by atoms with E-state index in [2.05, 4.69) is 48.8 Å². The lowest BCUT2D eigenvalue weighted by atomic mass is 10.3. The van der Waals surface area contributed by atoms with Crippen LogP contribution >= 0.6 is 50.1 Å². The van der Waals surface area contributed by atoms with E-state index in [1.807, 2.05) is 0 Å². The van der Waals surface area contributed by atoms with Crippen LogP contribution < -0.4 is 5.32 Å². The first-order valence-electron chi connectivity index (χ1n) is 4.66. The second-order valence-electron chi connectivity index (χ2n) is 3.31. The molecule has 3 nitrogen and oxygen atoms in total. The number of halogens is 3. The highest BCUT2D eigenvalue weighted by Crippen LogP contribution is 2.23. The Hall–Kier alpha value is -0.530. The number of carbonyl (C=O) groups excluding carboxylic acids is 1. The van der Waals surface area contributed by atoms with Crippen molar-refractivity contribution >= 4 is 61.7 Å². The SMILES string of the molecule is O=C(Nc1ccc(Cl)cc1I)c1cc(Br)c[nH]1. The number of hydrogen-bond donors (Lipinski definition) is 2. The molecule has 0 saturated carbocycles. The van der Waals surface area contributed by atoms with Crippen molar-refractivity contribution in [1.29, 1.82) is 0 Å². The van der Waals surface area contributed by atoms with Crippen LogP contribution in [0.2, 0.25) is 5.02 Å². The Morgan fingerprint density at radius 2 is 2.18 bits per heavy atom. The van der Waals surface area contributed by atoms with E-state index in [1.54, 1.807) is 30.5 Å². The number of rotatable bonds is 2. The molecule has 0 bridgehead atoms. The van der Waals surface area contributed by atoms with Gasteiger partial charge in [-0.3, -0.25) is 4.79 Å². The lowest BCUT2D eigenvalue weighted by Crippen LogP contribution is -2.13. The lowest BCUT2D eigenvalue weighted by Gasteiger charge is -2.06. The molecule has 0 aliphatic rings. The quantitative estimate of drug-likeness (QED) is 0.693. The lowest BCUT2D eigenvalue weighted by molar-refractivity contribution is 0.102. The van der Waals surface area contributed by atoms with Gasteiger partial charge in [0.25, 0.3) is 5.91 Å². The molecule has 2 N–H and O–H groups in total. The second-order valence-corrected chi connectivity index (χ2v) is 5.82. The van der Waals surface area contributed by atoms with Crippen LogP contribution in [0.1, 0.15) is 10.5 Å². The number of nitrogens with one attached hydrogen (secondary N) is 2. The maximum atomic E-state index is 11.9. The van der Waals surface area contributed by atoms with Gasteiger partial charge in [-0.15, -0.1) is 0 Å². The van der Waals surface area contributed by atoms with Crippen LogP contribution in [0.4, 0.5) is 5.69 Å². The first kappa shape index (κ1) is 12.9. The average molecular weight is 425 g/mol. The van der Waals surface area contributed by atoms with Gasteiger partial charge in [0.05, 0.1) is 5.69 Å². The summed E-state index contributed by atoms with van der Waals surface area (Å²) < 4.78 is 1.74. The molecule has 0 radical (unpaired) electrons. The minimum atomic E-state index is -0.184. The van der Waals surface area contributed by atoms with Crippen molar-refractivity contribution in [3.63, 3.8) is 0 Å². The van der Waals surface area contributed by atoms with E-state index in [0.717, 1.165) is 13.7 Å². The third kappa shape index (κ3) is 3.23. The van der Waals surface area contributed by atoms with Crippen LogP contribution in [0.25, 0.3) is 0 Å². The zero-order chi connectivity index (χ0) is 12.4. The molecular formula is C11H7BrClIN2O. The molecule has 88 valence electrons. The van der Waals surface area contributed by atoms with E-state index in [1.165, 1.54) is 0 Å². The molecule has 0 fully saturated rings. The smallest absolute Gasteiger partial charge is 0.272 e. The molecule has 17 heavy (non-hydrogen) atoms. The number of benzene rings is 1. The molecule has 0 spiro atoms. The van der Waals surface area contributed by atoms with Crippen LogP contribution in [0.5, 0.6) is 0 Å². The number of carbonyl (C=O) groups is 1. The van der Waals surface area contributed by atoms with Crippen LogP contribution in [-0.4, -0.2) is 10.9 Å². The Balaban J connectivity index is 2.18. The number of amides is 1. The van der Waals surface area contributed by atoms with E-state index in [-0.39, 0.29) is 5.91 Å². The molecule has 1 aromatic heterocycles. The van der Waals surface area contributed by atoms with E-state index in [4.69, 9.17) is 11.6 Å². The molecule has 6 heteroatoms. The third-order valence-electron chi connectivity index (χ3n) is 2.07. The van der Waals surface area contributed by atoms with E-state index in [9.17, 15) is 4.79 Å². The first-order valence-corrected chi connectivity index (χ1v) is 6.91. The number of H-pyrrole nitrogens is 1. The number of anilines is 1. The van der Waals surface area contributed by atoms with Crippen LogP contribution in [0, 0.1) is 3.57 Å². The Morgan fingerprint density at radius 3 is 2.76 bits per heavy atom. The zero-order valence-electron chi connectivity index (χ0n) is 8.43. The summed E-state index contributed by atoms with van der Waals surface area (Å²) in [5, 5.41) is 3.46. The molecule has 2 aromatic rings. The summed E-state index contributed by atoms with van der Waals surface area (Å²) in [6, 6.07) is 7.03. The van der Waals surface area contributed by atoms with Gasteiger partial charge in [-0.1, -0.05) is 11.6 Å². The maximum Gasteiger partial charge on any atom is 0.272 e. The van der Waals surface area contributed by atoms with E-state index < -0.39 is 0 Å². The van der Waals surface area contributed by atoms with Crippen molar-refractivity contribution < 1.29 is 4.79 Å². The van der Waals surface area contributed by atoms with Gasteiger partial charge < -0.3 is 10.3 Å². The zero-order valence-corrected chi connectivity index (χ0v) is 12.9. The van der Waals surface area contributed by atoms with Crippen molar-refractivity contribution in [3.8, 4) is 0 Å². The summed E-state index contributed by atoms with van der Waals surface area (Å²) >= 11 is 11.2. The second kappa shape index (κ2) is 5.41.